The molecule has 6 nitrogen and oxygen atoms in total. The molecule has 1 saturated heterocycles. The van der Waals surface area contributed by atoms with Crippen LogP contribution in [0.2, 0.25) is 0 Å². The zero-order chi connectivity index (χ0) is 16.8. The van der Waals surface area contributed by atoms with E-state index < -0.39 is 11.6 Å². The molecule has 0 N–H and O–H groups in total. The van der Waals surface area contributed by atoms with E-state index in [-0.39, 0.29) is 37.4 Å². The van der Waals surface area contributed by atoms with Crippen LogP contribution in [0.3, 0.4) is 0 Å². The molecule has 0 aromatic carbocycles. The molecule has 1 atom stereocenters. The number of esters is 1. The maximum atomic E-state index is 12.1. The number of hydrogen-bond acceptors (Lipinski definition) is 5. The lowest BCUT2D eigenvalue weighted by Crippen LogP contribution is -2.40. The van der Waals surface area contributed by atoms with Gasteiger partial charge in [-0.05, 0) is 47.0 Å². The number of ether oxygens (including phenoxy) is 2. The molecule has 0 spiro atoms. The molecule has 1 rings (SSSR count). The second-order valence-corrected chi connectivity index (χ2v) is 6.53. The van der Waals surface area contributed by atoms with Crippen molar-refractivity contribution < 1.29 is 23.9 Å². The minimum absolute atomic E-state index is 0.0148. The van der Waals surface area contributed by atoms with Crippen LogP contribution in [0.25, 0.3) is 0 Å². The van der Waals surface area contributed by atoms with E-state index in [0.29, 0.717) is 13.0 Å². The zero-order valence-corrected chi connectivity index (χ0v) is 14.0. The highest BCUT2D eigenvalue weighted by atomic mass is 16.6. The van der Waals surface area contributed by atoms with Crippen molar-refractivity contribution >= 4 is 17.8 Å². The van der Waals surface area contributed by atoms with Crippen LogP contribution in [0.5, 0.6) is 0 Å². The van der Waals surface area contributed by atoms with Gasteiger partial charge in [0.25, 0.3) is 0 Å². The standard InChI is InChI=1S/C16H27NO5/c1-5-21-14(19)11-13(18)9-8-12-7-6-10-17(12)15(20)22-16(2,3)4/h12H,5-11H2,1-4H3/t12-/m0/s1. The molecular weight excluding hydrogens is 286 g/mol. The number of likely N-dealkylation sites (tertiary alicyclic amines) is 1. The minimum atomic E-state index is -0.524. The first-order chi connectivity index (χ1) is 10.2. The smallest absolute Gasteiger partial charge is 0.410 e. The van der Waals surface area contributed by atoms with Crippen LogP contribution in [0.1, 0.15) is 59.8 Å². The third kappa shape index (κ3) is 6.45. The number of ketones is 1. The highest BCUT2D eigenvalue weighted by Crippen LogP contribution is 2.24. The average molecular weight is 313 g/mol. The normalized spacial score (nSPS) is 18.2. The van der Waals surface area contributed by atoms with E-state index in [4.69, 9.17) is 9.47 Å². The van der Waals surface area contributed by atoms with Crippen molar-refractivity contribution in [3.05, 3.63) is 0 Å². The number of hydrogen-bond donors (Lipinski definition) is 0. The lowest BCUT2D eigenvalue weighted by molar-refractivity contribution is -0.145. The topological polar surface area (TPSA) is 72.9 Å². The molecule has 0 bridgehead atoms. The van der Waals surface area contributed by atoms with Crippen LogP contribution in [0.4, 0.5) is 4.79 Å². The molecule has 0 unspecified atom stereocenters. The largest absolute Gasteiger partial charge is 0.466 e. The van der Waals surface area contributed by atoms with Gasteiger partial charge >= 0.3 is 12.1 Å². The van der Waals surface area contributed by atoms with Gasteiger partial charge in [0, 0.05) is 19.0 Å². The lowest BCUT2D eigenvalue weighted by Gasteiger charge is -2.28. The third-order valence-corrected chi connectivity index (χ3v) is 3.41. The van der Waals surface area contributed by atoms with Gasteiger partial charge in [-0.2, -0.15) is 0 Å². The maximum absolute atomic E-state index is 12.1. The summed E-state index contributed by atoms with van der Waals surface area (Å²) < 4.78 is 10.1. The molecule has 22 heavy (non-hydrogen) atoms. The Labute approximate surface area is 132 Å². The van der Waals surface area contributed by atoms with Gasteiger partial charge in [-0.25, -0.2) is 4.79 Å². The number of amides is 1. The first-order valence-corrected chi connectivity index (χ1v) is 7.90. The van der Waals surface area contributed by atoms with Crippen LogP contribution < -0.4 is 0 Å². The Hall–Kier alpha value is -1.59. The summed E-state index contributed by atoms with van der Waals surface area (Å²) in [6.45, 7) is 8.14. The highest BCUT2D eigenvalue weighted by Gasteiger charge is 2.32. The summed E-state index contributed by atoms with van der Waals surface area (Å²) in [7, 11) is 0. The van der Waals surface area contributed by atoms with Crippen LogP contribution in [-0.4, -0.2) is 47.5 Å². The molecule has 6 heteroatoms. The van der Waals surface area contributed by atoms with E-state index >= 15 is 0 Å². The molecule has 0 saturated carbocycles. The van der Waals surface area contributed by atoms with Crippen molar-refractivity contribution in [1.29, 1.82) is 0 Å². The molecule has 1 amide bonds. The summed E-state index contributed by atoms with van der Waals surface area (Å²) in [5.74, 6) is -0.627. The van der Waals surface area contributed by atoms with E-state index in [1.807, 2.05) is 20.8 Å². The fourth-order valence-electron chi connectivity index (χ4n) is 2.49. The Morgan fingerprint density at radius 3 is 2.50 bits per heavy atom. The van der Waals surface area contributed by atoms with Crippen LogP contribution in [-0.2, 0) is 19.1 Å². The molecule has 1 fully saturated rings. The van der Waals surface area contributed by atoms with Crippen molar-refractivity contribution in [2.24, 2.45) is 0 Å². The van der Waals surface area contributed by atoms with Gasteiger partial charge in [0.05, 0.1) is 6.61 Å². The van der Waals surface area contributed by atoms with Crippen molar-refractivity contribution in [3.8, 4) is 0 Å². The summed E-state index contributed by atoms with van der Waals surface area (Å²) >= 11 is 0. The Kier molecular flexibility index (Phi) is 6.84. The van der Waals surface area contributed by atoms with Crippen LogP contribution in [0, 0.1) is 0 Å². The number of Topliss-reactive ketones (excluding diaryl/α,β-unsaturated/α-hetero) is 1. The molecule has 126 valence electrons. The van der Waals surface area contributed by atoms with Crippen molar-refractivity contribution in [3.63, 3.8) is 0 Å². The summed E-state index contributed by atoms with van der Waals surface area (Å²) in [6, 6.07) is 0.0148. The monoisotopic (exact) mass is 313 g/mol. The van der Waals surface area contributed by atoms with E-state index in [0.717, 1.165) is 12.8 Å². The second-order valence-electron chi connectivity index (χ2n) is 6.53. The molecular formula is C16H27NO5. The van der Waals surface area contributed by atoms with Gasteiger partial charge in [-0.1, -0.05) is 0 Å². The van der Waals surface area contributed by atoms with Crippen molar-refractivity contribution in [1.82, 2.24) is 4.90 Å². The first-order valence-electron chi connectivity index (χ1n) is 7.90. The van der Waals surface area contributed by atoms with Gasteiger partial charge in [-0.15, -0.1) is 0 Å². The van der Waals surface area contributed by atoms with Gasteiger partial charge in [0.2, 0.25) is 0 Å². The molecule has 0 aromatic heterocycles. The van der Waals surface area contributed by atoms with E-state index in [9.17, 15) is 14.4 Å². The fraction of sp³-hybridized carbons (Fsp3) is 0.812. The SMILES string of the molecule is CCOC(=O)CC(=O)CC[C@@H]1CCCN1C(=O)OC(C)(C)C. The fourth-order valence-corrected chi connectivity index (χ4v) is 2.49. The summed E-state index contributed by atoms with van der Waals surface area (Å²) in [5, 5.41) is 0. The van der Waals surface area contributed by atoms with Gasteiger partial charge in [-0.3, -0.25) is 9.59 Å². The lowest BCUT2D eigenvalue weighted by atomic mass is 10.1. The third-order valence-electron chi connectivity index (χ3n) is 3.41. The number of rotatable bonds is 6. The van der Waals surface area contributed by atoms with E-state index in [1.54, 1.807) is 11.8 Å². The Morgan fingerprint density at radius 2 is 1.91 bits per heavy atom. The second kappa shape index (κ2) is 8.15. The number of nitrogens with zero attached hydrogens (tertiary/aromatic N) is 1. The molecule has 0 aromatic rings. The molecule has 1 aliphatic heterocycles. The summed E-state index contributed by atoms with van der Waals surface area (Å²) in [4.78, 5) is 36.8. The Balaban J connectivity index is 2.42. The van der Waals surface area contributed by atoms with E-state index in [1.165, 1.54) is 0 Å². The predicted octanol–water partition coefficient (Wildman–Crippen LogP) is 2.69. The quantitative estimate of drug-likeness (QED) is 0.557. The maximum Gasteiger partial charge on any atom is 0.410 e. The molecule has 0 aliphatic carbocycles. The highest BCUT2D eigenvalue weighted by molar-refractivity contribution is 5.95. The average Bonchev–Trinajstić information content (AvgIpc) is 2.82. The zero-order valence-electron chi connectivity index (χ0n) is 14.0. The predicted molar refractivity (Wildman–Crippen MR) is 81.5 cm³/mol. The van der Waals surface area contributed by atoms with Crippen molar-refractivity contribution in [2.75, 3.05) is 13.2 Å². The van der Waals surface area contributed by atoms with Crippen LogP contribution >= 0.6 is 0 Å². The summed E-state index contributed by atoms with van der Waals surface area (Å²) in [5.41, 5.74) is -0.524. The van der Waals surface area contributed by atoms with Gasteiger partial charge in [0.15, 0.2) is 0 Å². The van der Waals surface area contributed by atoms with Crippen molar-refractivity contribution in [2.45, 2.75) is 71.4 Å². The molecule has 1 heterocycles. The van der Waals surface area contributed by atoms with Gasteiger partial charge in [0.1, 0.15) is 17.8 Å². The Bertz CT molecular complexity index is 413. The number of carbonyl (C=O) groups excluding carboxylic acids is 3. The van der Waals surface area contributed by atoms with Gasteiger partial charge < -0.3 is 14.4 Å². The van der Waals surface area contributed by atoms with Crippen LogP contribution in [0.15, 0.2) is 0 Å². The first kappa shape index (κ1) is 18.5. The summed E-state index contributed by atoms with van der Waals surface area (Å²) in [6.07, 6.45) is 2.11. The number of carbonyl (C=O) groups is 3. The minimum Gasteiger partial charge on any atom is -0.466 e. The molecule has 1 aliphatic rings. The Morgan fingerprint density at radius 1 is 1.23 bits per heavy atom. The molecule has 0 radical (unpaired) electrons. The van der Waals surface area contributed by atoms with E-state index in [2.05, 4.69) is 0 Å².